The maximum Gasteiger partial charge on any atom is 0.0768 e. The molecule has 2 aromatic carbocycles. The zero-order valence-corrected chi connectivity index (χ0v) is 20.4. The van der Waals surface area contributed by atoms with E-state index < -0.39 is 0 Å². The molecule has 2 nitrogen and oxygen atoms in total. The second kappa shape index (κ2) is 9.25. The van der Waals surface area contributed by atoms with Gasteiger partial charge in [0, 0.05) is 43.5 Å². The number of hydrogen-bond acceptors (Lipinski definition) is 4. The molecule has 0 saturated carbocycles. The van der Waals surface area contributed by atoms with Crippen LogP contribution < -0.4 is 5.32 Å². The molecule has 0 saturated heterocycles. The predicted molar refractivity (Wildman–Crippen MR) is 137 cm³/mol. The van der Waals surface area contributed by atoms with Crippen LogP contribution in [0.4, 0.5) is 11.4 Å². The number of halogens is 1. The highest BCUT2D eigenvalue weighted by Gasteiger charge is 2.27. The summed E-state index contributed by atoms with van der Waals surface area (Å²) in [4.78, 5) is 7.53. The van der Waals surface area contributed by atoms with Gasteiger partial charge in [-0.1, -0.05) is 30.3 Å². The number of fused-ring (bicyclic) bond motifs is 2. The van der Waals surface area contributed by atoms with Crippen LogP contribution in [-0.2, 0) is 0 Å². The average molecular weight is 457 g/mol. The van der Waals surface area contributed by atoms with E-state index in [9.17, 15) is 0 Å². The lowest BCUT2D eigenvalue weighted by Gasteiger charge is -2.22. The third-order valence-corrected chi connectivity index (χ3v) is 7.43. The Hall–Kier alpha value is -1.62. The number of aliphatic imine (C=N–C) groups is 1. The third-order valence-electron chi connectivity index (χ3n) is 4.89. The Kier molecular flexibility index (Phi) is 7.11. The van der Waals surface area contributed by atoms with Gasteiger partial charge in [0.15, 0.2) is 0 Å². The summed E-state index contributed by atoms with van der Waals surface area (Å²) < 4.78 is 0.276. The fraction of sp³-hybridized carbons (Fsp3) is 0.320. The van der Waals surface area contributed by atoms with E-state index in [1.54, 1.807) is 0 Å². The largest absolute Gasteiger partial charge is 0.358 e. The van der Waals surface area contributed by atoms with E-state index >= 15 is 0 Å². The van der Waals surface area contributed by atoms with Crippen molar-refractivity contribution < 1.29 is 0 Å². The molecule has 5 heteroatoms. The Morgan fingerprint density at radius 1 is 0.867 bits per heavy atom. The van der Waals surface area contributed by atoms with Crippen LogP contribution in [0.3, 0.4) is 0 Å². The summed E-state index contributed by atoms with van der Waals surface area (Å²) in [6.07, 6.45) is 8.49. The van der Waals surface area contributed by atoms with Crippen LogP contribution in [0.1, 0.15) is 40.5 Å². The summed E-state index contributed by atoms with van der Waals surface area (Å²) in [5.41, 5.74) is 4.65. The minimum atomic E-state index is 0. The molecule has 0 aromatic heterocycles. The van der Waals surface area contributed by atoms with E-state index in [1.165, 1.54) is 21.2 Å². The Morgan fingerprint density at radius 2 is 1.50 bits per heavy atom. The second-order valence-electron chi connectivity index (χ2n) is 8.82. The number of nitrogens with zero attached hydrogens (tertiary/aromatic N) is 1. The second-order valence-corrected chi connectivity index (χ2v) is 12.3. The van der Waals surface area contributed by atoms with Gasteiger partial charge < -0.3 is 5.32 Å². The van der Waals surface area contributed by atoms with Crippen molar-refractivity contribution in [1.29, 1.82) is 0 Å². The van der Waals surface area contributed by atoms with Gasteiger partial charge in [0.05, 0.1) is 11.4 Å². The summed E-state index contributed by atoms with van der Waals surface area (Å²) in [5.74, 6) is 0. The van der Waals surface area contributed by atoms with Crippen LogP contribution in [0.15, 0.2) is 87.2 Å². The molecule has 0 aliphatic carbocycles. The highest BCUT2D eigenvalue weighted by molar-refractivity contribution is 8.01. The van der Waals surface area contributed by atoms with Crippen LogP contribution in [0.5, 0.6) is 0 Å². The number of rotatable bonds is 2. The van der Waals surface area contributed by atoms with E-state index in [4.69, 9.17) is 4.99 Å². The summed E-state index contributed by atoms with van der Waals surface area (Å²) in [6, 6.07) is 17.0. The van der Waals surface area contributed by atoms with E-state index in [0.717, 1.165) is 24.2 Å². The summed E-state index contributed by atoms with van der Waals surface area (Å²) in [5, 5.41) is 3.64. The number of nitrogens with one attached hydrogen (secondary N) is 1. The molecule has 2 aliphatic rings. The van der Waals surface area contributed by atoms with E-state index in [0.29, 0.717) is 0 Å². The molecule has 2 heterocycles. The van der Waals surface area contributed by atoms with Crippen molar-refractivity contribution in [3.8, 4) is 0 Å². The number of allylic oxidation sites excluding steroid dienone is 4. The van der Waals surface area contributed by atoms with Crippen molar-refractivity contribution in [2.45, 2.75) is 59.8 Å². The fourth-order valence-corrected chi connectivity index (χ4v) is 6.12. The molecule has 2 aliphatic heterocycles. The Balaban J connectivity index is 0.00000256. The minimum Gasteiger partial charge on any atom is -0.358 e. The number of hydrogen-bond donors (Lipinski definition) is 1. The Bertz CT molecular complexity index is 1010. The molecule has 2 aromatic rings. The number of benzene rings is 2. The van der Waals surface area contributed by atoms with Crippen LogP contribution in [0, 0.1) is 0 Å². The maximum absolute atomic E-state index is 4.96. The quantitative estimate of drug-likeness (QED) is 0.491. The molecule has 0 spiro atoms. The molecule has 0 fully saturated rings. The smallest absolute Gasteiger partial charge is 0.0768 e. The van der Waals surface area contributed by atoms with E-state index in [1.807, 2.05) is 23.5 Å². The highest BCUT2D eigenvalue weighted by Crippen LogP contribution is 2.44. The van der Waals surface area contributed by atoms with Crippen LogP contribution in [-0.4, -0.2) is 15.2 Å². The zero-order chi connectivity index (χ0) is 20.5. The highest BCUT2D eigenvalue weighted by atomic mass is 35.5. The monoisotopic (exact) mass is 456 g/mol. The van der Waals surface area contributed by atoms with Crippen LogP contribution in [0.25, 0.3) is 0 Å². The van der Waals surface area contributed by atoms with Crippen molar-refractivity contribution in [1.82, 2.24) is 0 Å². The molecule has 0 amide bonds. The molecule has 0 unspecified atom stereocenters. The van der Waals surface area contributed by atoms with E-state index in [-0.39, 0.29) is 21.9 Å². The third kappa shape index (κ3) is 5.75. The number of anilines is 1. The lowest BCUT2D eigenvalue weighted by Crippen LogP contribution is -2.17. The van der Waals surface area contributed by atoms with Gasteiger partial charge in [-0.15, -0.1) is 35.9 Å². The van der Waals surface area contributed by atoms with Crippen molar-refractivity contribution in [3.63, 3.8) is 0 Å². The molecular formula is C25H29ClN2S2. The van der Waals surface area contributed by atoms with Gasteiger partial charge in [0.25, 0.3) is 0 Å². The molecule has 0 atom stereocenters. The van der Waals surface area contributed by atoms with Gasteiger partial charge in [-0.3, -0.25) is 4.99 Å². The molecule has 158 valence electrons. The summed E-state index contributed by atoms with van der Waals surface area (Å²) in [6.45, 7) is 9.21. The molecule has 0 bridgehead atoms. The first kappa shape index (κ1) is 23.1. The first-order valence-corrected chi connectivity index (χ1v) is 11.7. The van der Waals surface area contributed by atoms with Crippen molar-refractivity contribution in [3.05, 3.63) is 72.5 Å². The fourth-order valence-electron chi connectivity index (χ4n) is 3.74. The average Bonchev–Trinajstić information content (AvgIpc) is 2.85. The SMILES string of the molecule is CC1(C)CC(/C=C/C=C2/CC(C)(C)Sc3ccccc3N2)=Nc2ccccc2S1.Cl. The van der Waals surface area contributed by atoms with E-state index in [2.05, 4.69) is 99.8 Å². The van der Waals surface area contributed by atoms with Gasteiger partial charge >= 0.3 is 0 Å². The zero-order valence-electron chi connectivity index (χ0n) is 17.9. The van der Waals surface area contributed by atoms with Crippen LogP contribution >= 0.6 is 35.9 Å². The molecule has 1 N–H and O–H groups in total. The maximum atomic E-state index is 4.96. The van der Waals surface area contributed by atoms with Gasteiger partial charge in [-0.05, 0) is 64.1 Å². The lowest BCUT2D eigenvalue weighted by atomic mass is 10.0. The van der Waals surface area contributed by atoms with Crippen molar-refractivity contribution in [2.24, 2.45) is 4.99 Å². The van der Waals surface area contributed by atoms with Crippen LogP contribution in [0.2, 0.25) is 0 Å². The first-order chi connectivity index (χ1) is 13.8. The first-order valence-electron chi connectivity index (χ1n) is 10.1. The topological polar surface area (TPSA) is 24.4 Å². The molecule has 4 rings (SSSR count). The predicted octanol–water partition coefficient (Wildman–Crippen LogP) is 8.28. The Morgan fingerprint density at radius 3 is 2.30 bits per heavy atom. The lowest BCUT2D eigenvalue weighted by molar-refractivity contribution is 0.708. The van der Waals surface area contributed by atoms with Gasteiger partial charge in [0.2, 0.25) is 0 Å². The normalized spacial score (nSPS) is 20.8. The standard InChI is InChI=1S/C25H28N2S2.ClH/c1-24(2)16-18(26-20-12-5-7-14-22(20)28-24)10-9-11-19-17-25(3,4)29-23-15-8-6-13-21(23)27-19;/h5-15,26H,16-17H2,1-4H3;1H/b11-9+,18-10-;. The molecule has 0 radical (unpaired) electrons. The van der Waals surface area contributed by atoms with Gasteiger partial charge in [0.1, 0.15) is 0 Å². The van der Waals surface area contributed by atoms with Gasteiger partial charge in [-0.2, -0.15) is 0 Å². The number of para-hydroxylation sites is 2. The molecule has 30 heavy (non-hydrogen) atoms. The van der Waals surface area contributed by atoms with Crippen molar-refractivity contribution in [2.75, 3.05) is 5.32 Å². The summed E-state index contributed by atoms with van der Waals surface area (Å²) >= 11 is 3.86. The number of thioether (sulfide) groups is 2. The summed E-state index contributed by atoms with van der Waals surface area (Å²) in [7, 11) is 0. The minimum absolute atomic E-state index is 0. The molecular weight excluding hydrogens is 428 g/mol. The Labute approximate surface area is 195 Å². The van der Waals surface area contributed by atoms with Crippen molar-refractivity contribution >= 4 is 53.0 Å². The van der Waals surface area contributed by atoms with Gasteiger partial charge in [-0.25, -0.2) is 0 Å².